The van der Waals surface area contributed by atoms with Gasteiger partial charge in [-0.2, -0.15) is 9.61 Å². The van der Waals surface area contributed by atoms with E-state index in [9.17, 15) is 4.79 Å². The number of hydrogen-bond acceptors (Lipinski definition) is 6. The summed E-state index contributed by atoms with van der Waals surface area (Å²) in [5, 5.41) is 20.6. The van der Waals surface area contributed by atoms with Gasteiger partial charge in [0.15, 0.2) is 11.5 Å². The molecule has 0 radical (unpaired) electrons. The number of carbonyl (C=O) groups excluding carboxylic acids is 1. The number of carbonyl (C=O) groups is 1. The first-order valence-electron chi connectivity index (χ1n) is 9.84. The first-order valence-corrected chi connectivity index (χ1v) is 9.84. The molecule has 0 atom stereocenters. The van der Waals surface area contributed by atoms with Gasteiger partial charge in [-0.05, 0) is 38.0 Å². The van der Waals surface area contributed by atoms with Crippen LogP contribution in [0.15, 0.2) is 18.2 Å². The lowest BCUT2D eigenvalue weighted by atomic mass is 9.85. The van der Waals surface area contributed by atoms with Gasteiger partial charge in [-0.15, -0.1) is 15.3 Å². The van der Waals surface area contributed by atoms with E-state index >= 15 is 0 Å². The molecule has 28 heavy (non-hydrogen) atoms. The van der Waals surface area contributed by atoms with Crippen LogP contribution < -0.4 is 10.2 Å². The van der Waals surface area contributed by atoms with Crippen molar-refractivity contribution in [2.45, 2.75) is 32.1 Å². The summed E-state index contributed by atoms with van der Waals surface area (Å²) < 4.78 is 3.52. The Bertz CT molecular complexity index is 1030. The van der Waals surface area contributed by atoms with Crippen LogP contribution >= 0.6 is 0 Å². The number of hydrogen-bond donors (Lipinski definition) is 1. The van der Waals surface area contributed by atoms with E-state index in [4.69, 9.17) is 5.10 Å². The number of rotatable bonds is 5. The van der Waals surface area contributed by atoms with Gasteiger partial charge in [0.05, 0.1) is 5.69 Å². The maximum absolute atomic E-state index is 12.3. The molecule has 0 spiro atoms. The minimum atomic E-state index is -0.0734. The van der Waals surface area contributed by atoms with E-state index in [1.54, 1.807) is 17.8 Å². The molecule has 1 aliphatic carbocycles. The van der Waals surface area contributed by atoms with Gasteiger partial charge in [-0.1, -0.05) is 6.42 Å². The molecular weight excluding hydrogens is 356 g/mol. The van der Waals surface area contributed by atoms with E-state index in [1.807, 2.05) is 23.6 Å². The van der Waals surface area contributed by atoms with Crippen LogP contribution in [0.4, 0.5) is 5.82 Å². The topological polar surface area (TPSA) is 93.2 Å². The summed E-state index contributed by atoms with van der Waals surface area (Å²) in [6.07, 6.45) is 3.61. The summed E-state index contributed by atoms with van der Waals surface area (Å²) in [4.78, 5) is 14.5. The van der Waals surface area contributed by atoms with Crippen LogP contribution in [-0.4, -0.2) is 55.1 Å². The lowest BCUT2D eigenvalue weighted by Gasteiger charge is -2.40. The number of anilines is 1. The van der Waals surface area contributed by atoms with Crippen molar-refractivity contribution in [2.24, 2.45) is 13.0 Å². The molecule has 2 fully saturated rings. The van der Waals surface area contributed by atoms with E-state index in [0.29, 0.717) is 24.1 Å². The van der Waals surface area contributed by atoms with Crippen LogP contribution in [0.5, 0.6) is 0 Å². The molecule has 0 bridgehead atoms. The molecule has 0 aromatic carbocycles. The number of nitrogens with zero attached hydrogens (tertiary/aromatic N) is 7. The fraction of sp³-hybridized carbons (Fsp3) is 0.526. The molecule has 146 valence electrons. The Labute approximate surface area is 162 Å². The molecule has 3 aromatic rings. The molecule has 1 saturated heterocycles. The average Bonchev–Trinajstić information content (AvgIpc) is 3.15. The Morgan fingerprint density at radius 3 is 2.71 bits per heavy atom. The lowest BCUT2D eigenvalue weighted by molar-refractivity contribution is 0.0935. The van der Waals surface area contributed by atoms with Crippen LogP contribution in [-0.2, 0) is 7.05 Å². The molecule has 2 aliphatic rings. The minimum Gasteiger partial charge on any atom is -0.354 e. The SMILES string of the molecule is Cc1cc(C(=O)NCC2CN(c3ccc4nnc(C5CCC5)n4n3)C2)n(C)n1. The largest absolute Gasteiger partial charge is 0.354 e. The zero-order valence-corrected chi connectivity index (χ0v) is 16.2. The van der Waals surface area contributed by atoms with Crippen LogP contribution in [0, 0.1) is 12.8 Å². The Balaban J connectivity index is 1.20. The van der Waals surface area contributed by atoms with E-state index in [0.717, 1.165) is 36.1 Å². The van der Waals surface area contributed by atoms with Crippen molar-refractivity contribution in [3.05, 3.63) is 35.4 Å². The van der Waals surface area contributed by atoms with Crippen LogP contribution in [0.3, 0.4) is 0 Å². The van der Waals surface area contributed by atoms with Gasteiger partial charge >= 0.3 is 0 Å². The summed E-state index contributed by atoms with van der Waals surface area (Å²) in [6.45, 7) is 4.30. The van der Waals surface area contributed by atoms with Crippen molar-refractivity contribution in [1.82, 2.24) is 34.9 Å². The van der Waals surface area contributed by atoms with Gasteiger partial charge in [0.1, 0.15) is 11.5 Å². The smallest absolute Gasteiger partial charge is 0.269 e. The molecule has 9 heteroatoms. The van der Waals surface area contributed by atoms with Crippen molar-refractivity contribution >= 4 is 17.4 Å². The molecule has 9 nitrogen and oxygen atoms in total. The van der Waals surface area contributed by atoms with Gasteiger partial charge in [-0.25, -0.2) is 0 Å². The number of aromatic nitrogens is 6. The molecule has 0 unspecified atom stereocenters. The van der Waals surface area contributed by atoms with E-state index in [1.165, 1.54) is 19.3 Å². The summed E-state index contributed by atoms with van der Waals surface area (Å²) in [6, 6.07) is 5.79. The van der Waals surface area contributed by atoms with Crippen LogP contribution in [0.2, 0.25) is 0 Å². The highest BCUT2D eigenvalue weighted by molar-refractivity contribution is 5.92. The molecule has 3 aromatic heterocycles. The monoisotopic (exact) mass is 380 g/mol. The van der Waals surface area contributed by atoms with Gasteiger partial charge in [-0.3, -0.25) is 9.48 Å². The highest BCUT2D eigenvalue weighted by atomic mass is 16.2. The second-order valence-corrected chi connectivity index (χ2v) is 7.92. The van der Waals surface area contributed by atoms with Crippen LogP contribution in [0.25, 0.3) is 5.65 Å². The fourth-order valence-corrected chi connectivity index (χ4v) is 3.92. The Hall–Kier alpha value is -2.97. The zero-order chi connectivity index (χ0) is 19.3. The number of amides is 1. The van der Waals surface area contributed by atoms with Crippen LogP contribution in [0.1, 0.15) is 47.2 Å². The van der Waals surface area contributed by atoms with Gasteiger partial charge < -0.3 is 10.2 Å². The third kappa shape index (κ3) is 2.90. The van der Waals surface area contributed by atoms with Gasteiger partial charge in [0.2, 0.25) is 0 Å². The fourth-order valence-electron chi connectivity index (χ4n) is 3.92. The van der Waals surface area contributed by atoms with E-state index in [-0.39, 0.29) is 5.91 Å². The summed E-state index contributed by atoms with van der Waals surface area (Å²) in [5.41, 5.74) is 2.25. The first kappa shape index (κ1) is 17.2. The standard InChI is InChI=1S/C19H24N8O/c1-12-8-15(25(2)23-12)19(28)20-9-13-10-26(11-13)17-7-6-16-21-22-18(27(16)24-17)14-4-3-5-14/h6-8,13-14H,3-5,9-11H2,1-2H3,(H,20,28). The Kier molecular flexibility index (Phi) is 4.03. The third-order valence-electron chi connectivity index (χ3n) is 5.81. The predicted octanol–water partition coefficient (Wildman–Crippen LogP) is 1.30. The summed E-state index contributed by atoms with van der Waals surface area (Å²) in [7, 11) is 1.79. The highest BCUT2D eigenvalue weighted by Crippen LogP contribution is 2.35. The molecular formula is C19H24N8O. The van der Waals surface area contributed by atoms with Gasteiger partial charge in [0.25, 0.3) is 5.91 Å². The zero-order valence-electron chi connectivity index (χ0n) is 16.2. The Morgan fingerprint density at radius 1 is 1.21 bits per heavy atom. The van der Waals surface area contributed by atoms with E-state index in [2.05, 4.69) is 25.5 Å². The molecule has 1 aliphatic heterocycles. The summed E-state index contributed by atoms with van der Waals surface area (Å²) in [5.74, 6) is 2.77. The maximum atomic E-state index is 12.3. The first-order chi connectivity index (χ1) is 13.6. The predicted molar refractivity (Wildman–Crippen MR) is 103 cm³/mol. The molecule has 4 heterocycles. The summed E-state index contributed by atoms with van der Waals surface area (Å²) >= 11 is 0. The number of nitrogens with one attached hydrogen (secondary N) is 1. The quantitative estimate of drug-likeness (QED) is 0.717. The number of aryl methyl sites for hydroxylation is 2. The molecule has 1 saturated carbocycles. The van der Waals surface area contributed by atoms with Crippen molar-refractivity contribution in [1.29, 1.82) is 0 Å². The van der Waals surface area contributed by atoms with Crippen molar-refractivity contribution in [2.75, 3.05) is 24.5 Å². The second-order valence-electron chi connectivity index (χ2n) is 7.92. The number of fused-ring (bicyclic) bond motifs is 1. The van der Waals surface area contributed by atoms with Crippen molar-refractivity contribution in [3.8, 4) is 0 Å². The average molecular weight is 380 g/mol. The maximum Gasteiger partial charge on any atom is 0.269 e. The third-order valence-corrected chi connectivity index (χ3v) is 5.81. The van der Waals surface area contributed by atoms with E-state index < -0.39 is 0 Å². The normalized spacial score (nSPS) is 17.6. The second kappa shape index (κ2) is 6.57. The lowest BCUT2D eigenvalue weighted by Crippen LogP contribution is -2.52. The van der Waals surface area contributed by atoms with Crippen molar-refractivity contribution < 1.29 is 4.79 Å². The van der Waals surface area contributed by atoms with Gasteiger partial charge in [0, 0.05) is 38.5 Å². The highest BCUT2D eigenvalue weighted by Gasteiger charge is 2.30. The molecule has 1 amide bonds. The molecule has 1 N–H and O–H groups in total. The molecule has 5 rings (SSSR count). The Morgan fingerprint density at radius 2 is 2.04 bits per heavy atom. The van der Waals surface area contributed by atoms with Crippen molar-refractivity contribution in [3.63, 3.8) is 0 Å². The minimum absolute atomic E-state index is 0.0734.